The number of H-pyrrole nitrogens is 1. The molecule has 1 aromatic carbocycles. The van der Waals surface area contributed by atoms with Crippen LogP contribution < -0.4 is 0 Å². The standard InChI is InChI=1S/C11H11NS/c1-7-8(2)12-11(13)10-6-4-3-5-9(7)10/h3-6H,1-2H3,(H,12,13). The number of aromatic nitrogens is 1. The van der Waals surface area contributed by atoms with Crippen LogP contribution in [0.4, 0.5) is 0 Å². The predicted molar refractivity (Wildman–Crippen MR) is 58.6 cm³/mol. The number of aryl methyl sites for hydroxylation is 2. The first-order valence-electron chi connectivity index (χ1n) is 4.28. The molecule has 66 valence electrons. The van der Waals surface area contributed by atoms with E-state index in [0.29, 0.717) is 0 Å². The van der Waals surface area contributed by atoms with E-state index in [2.05, 4.69) is 31.0 Å². The first kappa shape index (κ1) is 8.45. The van der Waals surface area contributed by atoms with Crippen LogP contribution in [0.3, 0.4) is 0 Å². The van der Waals surface area contributed by atoms with Crippen molar-refractivity contribution in [2.45, 2.75) is 13.8 Å². The summed E-state index contributed by atoms with van der Waals surface area (Å²) in [5.41, 5.74) is 2.44. The molecule has 1 aromatic heterocycles. The fourth-order valence-electron chi connectivity index (χ4n) is 1.54. The van der Waals surface area contributed by atoms with Crippen LogP contribution in [-0.2, 0) is 0 Å². The molecule has 0 saturated heterocycles. The summed E-state index contributed by atoms with van der Waals surface area (Å²) in [6.07, 6.45) is 0. The molecule has 2 aromatic rings. The van der Waals surface area contributed by atoms with Gasteiger partial charge in [-0.3, -0.25) is 0 Å². The molecule has 2 heteroatoms. The Morgan fingerprint density at radius 1 is 1.08 bits per heavy atom. The fraction of sp³-hybridized carbons (Fsp3) is 0.182. The molecule has 0 unspecified atom stereocenters. The topological polar surface area (TPSA) is 15.8 Å². The highest BCUT2D eigenvalue weighted by molar-refractivity contribution is 7.71. The summed E-state index contributed by atoms with van der Waals surface area (Å²) >= 11 is 5.25. The van der Waals surface area contributed by atoms with Crippen LogP contribution in [0.5, 0.6) is 0 Å². The molecule has 0 aliphatic rings. The van der Waals surface area contributed by atoms with Crippen molar-refractivity contribution in [2.24, 2.45) is 0 Å². The molecule has 0 aliphatic heterocycles. The number of hydrogen-bond acceptors (Lipinski definition) is 1. The summed E-state index contributed by atoms with van der Waals surface area (Å²) in [6, 6.07) is 8.23. The molecule has 0 amide bonds. The molecule has 1 N–H and O–H groups in total. The van der Waals surface area contributed by atoms with Gasteiger partial charge in [0, 0.05) is 11.1 Å². The Morgan fingerprint density at radius 2 is 1.69 bits per heavy atom. The van der Waals surface area contributed by atoms with Gasteiger partial charge in [-0.15, -0.1) is 0 Å². The maximum atomic E-state index is 5.25. The Balaban J connectivity index is 3.06. The van der Waals surface area contributed by atoms with Crippen LogP contribution in [0.25, 0.3) is 10.8 Å². The monoisotopic (exact) mass is 189 g/mol. The third-order valence-electron chi connectivity index (χ3n) is 2.44. The minimum absolute atomic E-state index is 0.832. The zero-order chi connectivity index (χ0) is 9.42. The average Bonchev–Trinajstić information content (AvgIpc) is 2.15. The number of fused-ring (bicyclic) bond motifs is 1. The molecular formula is C11H11NS. The van der Waals surface area contributed by atoms with Crippen LogP contribution in [0.15, 0.2) is 24.3 Å². The lowest BCUT2D eigenvalue weighted by atomic mass is 10.1. The van der Waals surface area contributed by atoms with Gasteiger partial charge in [-0.25, -0.2) is 0 Å². The Morgan fingerprint density at radius 3 is 2.38 bits per heavy atom. The largest absolute Gasteiger partial charge is 0.350 e. The highest BCUT2D eigenvalue weighted by atomic mass is 32.1. The van der Waals surface area contributed by atoms with E-state index in [1.807, 2.05) is 12.1 Å². The summed E-state index contributed by atoms with van der Waals surface area (Å²) in [5.74, 6) is 0. The number of nitrogens with one attached hydrogen (secondary N) is 1. The summed E-state index contributed by atoms with van der Waals surface area (Å²) < 4.78 is 0.832. The van der Waals surface area contributed by atoms with Crippen molar-refractivity contribution >= 4 is 23.0 Å². The van der Waals surface area contributed by atoms with Gasteiger partial charge in [0.25, 0.3) is 0 Å². The molecule has 0 bridgehead atoms. The van der Waals surface area contributed by atoms with Crippen molar-refractivity contribution in [2.75, 3.05) is 0 Å². The van der Waals surface area contributed by atoms with E-state index in [1.165, 1.54) is 10.9 Å². The second kappa shape index (κ2) is 2.96. The van der Waals surface area contributed by atoms with E-state index in [-0.39, 0.29) is 0 Å². The third kappa shape index (κ3) is 1.27. The van der Waals surface area contributed by atoms with Gasteiger partial charge in [-0.1, -0.05) is 36.5 Å². The van der Waals surface area contributed by atoms with E-state index < -0.39 is 0 Å². The molecule has 0 fully saturated rings. The Bertz CT molecular complexity index is 511. The van der Waals surface area contributed by atoms with E-state index >= 15 is 0 Å². The van der Waals surface area contributed by atoms with E-state index in [0.717, 1.165) is 15.7 Å². The summed E-state index contributed by atoms with van der Waals surface area (Å²) in [4.78, 5) is 3.20. The first-order chi connectivity index (χ1) is 6.20. The third-order valence-corrected chi connectivity index (χ3v) is 2.76. The van der Waals surface area contributed by atoms with Crippen LogP contribution in [-0.4, -0.2) is 4.98 Å². The number of hydrogen-bond donors (Lipinski definition) is 1. The Kier molecular flexibility index (Phi) is 1.93. The maximum Gasteiger partial charge on any atom is 0.111 e. The minimum atomic E-state index is 0.832. The second-order valence-electron chi connectivity index (χ2n) is 3.25. The average molecular weight is 189 g/mol. The van der Waals surface area contributed by atoms with Gasteiger partial charge in [0.15, 0.2) is 0 Å². The molecule has 0 radical (unpaired) electrons. The van der Waals surface area contributed by atoms with Crippen molar-refractivity contribution in [1.82, 2.24) is 4.98 Å². The van der Waals surface area contributed by atoms with Gasteiger partial charge in [-0.2, -0.15) is 0 Å². The summed E-state index contributed by atoms with van der Waals surface area (Å²) in [5, 5.41) is 2.39. The van der Waals surface area contributed by atoms with Crippen molar-refractivity contribution in [3.63, 3.8) is 0 Å². The van der Waals surface area contributed by atoms with Gasteiger partial charge < -0.3 is 4.98 Å². The quantitative estimate of drug-likeness (QED) is 0.627. The zero-order valence-corrected chi connectivity index (χ0v) is 8.53. The lowest BCUT2D eigenvalue weighted by molar-refractivity contribution is 1.16. The van der Waals surface area contributed by atoms with Crippen LogP contribution in [0.1, 0.15) is 11.3 Å². The molecule has 0 atom stereocenters. The number of pyridine rings is 1. The molecule has 1 heterocycles. The number of benzene rings is 1. The SMILES string of the molecule is Cc1[nH]c(=S)c2ccccc2c1C. The van der Waals surface area contributed by atoms with E-state index in [1.54, 1.807) is 0 Å². The highest BCUT2D eigenvalue weighted by Crippen LogP contribution is 2.20. The van der Waals surface area contributed by atoms with Crippen molar-refractivity contribution in [3.8, 4) is 0 Å². The smallest absolute Gasteiger partial charge is 0.111 e. The lowest BCUT2D eigenvalue weighted by Crippen LogP contribution is -1.89. The van der Waals surface area contributed by atoms with Crippen LogP contribution in [0, 0.1) is 18.5 Å². The molecule has 0 saturated carbocycles. The number of aromatic amines is 1. The normalized spacial score (nSPS) is 10.6. The zero-order valence-electron chi connectivity index (χ0n) is 7.72. The summed E-state index contributed by atoms with van der Waals surface area (Å²) in [6.45, 7) is 4.17. The van der Waals surface area contributed by atoms with Gasteiger partial charge in [-0.05, 0) is 24.8 Å². The molecule has 2 rings (SSSR count). The van der Waals surface area contributed by atoms with E-state index in [9.17, 15) is 0 Å². The molecular weight excluding hydrogens is 178 g/mol. The van der Waals surface area contributed by atoms with Gasteiger partial charge >= 0.3 is 0 Å². The van der Waals surface area contributed by atoms with Crippen LogP contribution in [0.2, 0.25) is 0 Å². The predicted octanol–water partition coefficient (Wildman–Crippen LogP) is 3.51. The second-order valence-corrected chi connectivity index (χ2v) is 3.66. The lowest BCUT2D eigenvalue weighted by Gasteiger charge is -2.05. The van der Waals surface area contributed by atoms with Crippen molar-refractivity contribution in [1.29, 1.82) is 0 Å². The molecule has 1 nitrogen and oxygen atoms in total. The Labute approximate surface area is 82.4 Å². The van der Waals surface area contributed by atoms with Crippen LogP contribution >= 0.6 is 12.2 Å². The van der Waals surface area contributed by atoms with Gasteiger partial charge in [0.2, 0.25) is 0 Å². The first-order valence-corrected chi connectivity index (χ1v) is 4.69. The molecule has 0 spiro atoms. The maximum absolute atomic E-state index is 5.25. The van der Waals surface area contributed by atoms with E-state index in [4.69, 9.17) is 12.2 Å². The van der Waals surface area contributed by atoms with Gasteiger partial charge in [0.1, 0.15) is 4.64 Å². The summed E-state index contributed by atoms with van der Waals surface area (Å²) in [7, 11) is 0. The Hall–Kier alpha value is -1.15. The van der Waals surface area contributed by atoms with Crippen molar-refractivity contribution in [3.05, 3.63) is 40.2 Å². The minimum Gasteiger partial charge on any atom is -0.350 e. The molecule has 0 aliphatic carbocycles. The van der Waals surface area contributed by atoms with Crippen molar-refractivity contribution < 1.29 is 0 Å². The fourth-order valence-corrected chi connectivity index (χ4v) is 1.87. The van der Waals surface area contributed by atoms with Gasteiger partial charge in [0.05, 0.1) is 0 Å². The highest BCUT2D eigenvalue weighted by Gasteiger charge is 2.00. The number of rotatable bonds is 0. The molecule has 13 heavy (non-hydrogen) atoms.